The lowest BCUT2D eigenvalue weighted by atomic mass is 10.1. The Labute approximate surface area is 123 Å². The fraction of sp³-hybridized carbons (Fsp3) is 0.286. The van der Waals surface area contributed by atoms with E-state index in [1.807, 2.05) is 0 Å². The minimum atomic E-state index is -4.67. The number of aromatic nitrogens is 1. The maximum atomic E-state index is 13.4. The Morgan fingerprint density at radius 2 is 2.05 bits per heavy atom. The van der Waals surface area contributed by atoms with E-state index in [4.69, 9.17) is 0 Å². The van der Waals surface area contributed by atoms with Crippen LogP contribution >= 0.6 is 0 Å². The first-order chi connectivity index (χ1) is 10.2. The summed E-state index contributed by atoms with van der Waals surface area (Å²) >= 11 is 0. The second kappa shape index (κ2) is 5.78. The van der Waals surface area contributed by atoms with E-state index in [9.17, 15) is 22.4 Å². The molecular formula is C14H12F4N2O2. The third-order valence-corrected chi connectivity index (χ3v) is 3.07. The Hall–Kier alpha value is -2.38. The first-order valence-corrected chi connectivity index (χ1v) is 6.37. The number of nitrogens with one attached hydrogen (secondary N) is 1. The number of alkyl halides is 3. The molecule has 0 aliphatic heterocycles. The molecule has 8 heteroatoms. The standard InChI is InChI=1S/C14H12F4N2O2/c1-3-9-11(14(16,17)18)20-22-13(9)19-12(21)8-5-4-7(2)10(15)6-8/h4-6H,3H2,1-2H3,(H,19,21). The Morgan fingerprint density at radius 1 is 1.36 bits per heavy atom. The minimum absolute atomic E-state index is 0.0315. The van der Waals surface area contributed by atoms with E-state index in [0.717, 1.165) is 6.07 Å². The molecule has 0 unspecified atom stereocenters. The van der Waals surface area contributed by atoms with Crippen LogP contribution < -0.4 is 5.32 Å². The Kier molecular flexibility index (Phi) is 4.20. The number of nitrogens with zero attached hydrogens (tertiary/aromatic N) is 1. The molecule has 4 nitrogen and oxygen atoms in total. The molecule has 1 heterocycles. The Bertz CT molecular complexity index is 707. The first-order valence-electron chi connectivity index (χ1n) is 6.37. The molecule has 118 valence electrons. The number of hydrogen-bond donors (Lipinski definition) is 1. The fourth-order valence-electron chi connectivity index (χ4n) is 1.87. The van der Waals surface area contributed by atoms with Crippen LogP contribution in [0.4, 0.5) is 23.4 Å². The molecule has 2 rings (SSSR count). The van der Waals surface area contributed by atoms with Crippen molar-refractivity contribution in [2.45, 2.75) is 26.4 Å². The van der Waals surface area contributed by atoms with E-state index in [1.54, 1.807) is 0 Å². The molecule has 1 aromatic carbocycles. The molecule has 1 aromatic heterocycles. The highest BCUT2D eigenvalue weighted by molar-refractivity contribution is 6.03. The van der Waals surface area contributed by atoms with Crippen molar-refractivity contribution < 1.29 is 26.9 Å². The third-order valence-electron chi connectivity index (χ3n) is 3.07. The molecular weight excluding hydrogens is 304 g/mol. The van der Waals surface area contributed by atoms with Crippen LogP contribution in [0.15, 0.2) is 22.7 Å². The lowest BCUT2D eigenvalue weighted by Gasteiger charge is -2.06. The first kappa shape index (κ1) is 16.0. The van der Waals surface area contributed by atoms with Crippen LogP contribution in [0, 0.1) is 12.7 Å². The number of aryl methyl sites for hydroxylation is 1. The van der Waals surface area contributed by atoms with Crippen molar-refractivity contribution >= 4 is 11.8 Å². The van der Waals surface area contributed by atoms with Crippen molar-refractivity contribution in [3.8, 4) is 0 Å². The lowest BCUT2D eigenvalue weighted by Crippen LogP contribution is -2.14. The largest absolute Gasteiger partial charge is 0.437 e. The number of halogens is 4. The van der Waals surface area contributed by atoms with Gasteiger partial charge in [0.15, 0.2) is 5.69 Å². The molecule has 0 atom stereocenters. The molecule has 0 bridgehead atoms. The molecule has 1 N–H and O–H groups in total. The van der Waals surface area contributed by atoms with Crippen molar-refractivity contribution in [2.24, 2.45) is 0 Å². The second-order valence-electron chi connectivity index (χ2n) is 4.61. The van der Waals surface area contributed by atoms with E-state index in [0.29, 0.717) is 5.56 Å². The second-order valence-corrected chi connectivity index (χ2v) is 4.61. The SMILES string of the molecule is CCc1c(C(F)(F)F)noc1NC(=O)c1ccc(C)c(F)c1. The molecule has 0 saturated heterocycles. The third kappa shape index (κ3) is 3.10. The average Bonchev–Trinajstić information content (AvgIpc) is 2.84. The quantitative estimate of drug-likeness (QED) is 0.872. The van der Waals surface area contributed by atoms with E-state index in [1.165, 1.54) is 26.0 Å². The van der Waals surface area contributed by atoms with Crippen LogP contribution in [0.2, 0.25) is 0 Å². The number of hydrogen-bond acceptors (Lipinski definition) is 3. The summed E-state index contributed by atoms with van der Waals surface area (Å²) in [5.74, 6) is -1.75. The van der Waals surface area contributed by atoms with Gasteiger partial charge in [0, 0.05) is 11.1 Å². The molecule has 0 fully saturated rings. The topological polar surface area (TPSA) is 55.1 Å². The van der Waals surface area contributed by atoms with Crippen LogP contribution in [-0.2, 0) is 12.6 Å². The zero-order valence-corrected chi connectivity index (χ0v) is 11.7. The van der Waals surface area contributed by atoms with Crippen LogP contribution in [0.5, 0.6) is 0 Å². The number of anilines is 1. The summed E-state index contributed by atoms with van der Waals surface area (Å²) in [6.45, 7) is 3.00. The molecule has 0 radical (unpaired) electrons. The monoisotopic (exact) mass is 316 g/mol. The summed E-state index contributed by atoms with van der Waals surface area (Å²) in [6, 6.07) is 3.75. The zero-order chi connectivity index (χ0) is 16.5. The molecule has 2 aromatic rings. The van der Waals surface area contributed by atoms with E-state index >= 15 is 0 Å². The number of carbonyl (C=O) groups excluding carboxylic acids is 1. The van der Waals surface area contributed by atoms with Gasteiger partial charge in [-0.25, -0.2) is 4.39 Å². The van der Waals surface area contributed by atoms with Gasteiger partial charge in [0.1, 0.15) is 5.82 Å². The van der Waals surface area contributed by atoms with Crippen LogP contribution in [-0.4, -0.2) is 11.1 Å². The maximum Gasteiger partial charge on any atom is 0.437 e. The number of carbonyl (C=O) groups is 1. The van der Waals surface area contributed by atoms with Crippen molar-refractivity contribution in [1.29, 1.82) is 0 Å². The van der Waals surface area contributed by atoms with Gasteiger partial charge < -0.3 is 4.52 Å². The van der Waals surface area contributed by atoms with Gasteiger partial charge in [-0.1, -0.05) is 18.1 Å². The van der Waals surface area contributed by atoms with E-state index in [-0.39, 0.29) is 23.4 Å². The highest BCUT2D eigenvalue weighted by Gasteiger charge is 2.39. The van der Waals surface area contributed by atoms with Gasteiger partial charge >= 0.3 is 6.18 Å². The Balaban J connectivity index is 2.29. The summed E-state index contributed by atoms with van der Waals surface area (Å²) in [7, 11) is 0. The normalized spacial score (nSPS) is 11.5. The number of amides is 1. The van der Waals surface area contributed by atoms with Crippen molar-refractivity contribution in [1.82, 2.24) is 5.16 Å². The summed E-state index contributed by atoms with van der Waals surface area (Å²) in [5.41, 5.74) is -1.12. The predicted octanol–water partition coefficient (Wildman–Crippen LogP) is 3.96. The predicted molar refractivity (Wildman–Crippen MR) is 70.0 cm³/mol. The van der Waals surface area contributed by atoms with E-state index < -0.39 is 23.6 Å². The fourth-order valence-corrected chi connectivity index (χ4v) is 1.87. The van der Waals surface area contributed by atoms with Gasteiger partial charge in [-0.15, -0.1) is 0 Å². The summed E-state index contributed by atoms with van der Waals surface area (Å²) in [5, 5.41) is 5.13. The molecule has 22 heavy (non-hydrogen) atoms. The smallest absolute Gasteiger partial charge is 0.338 e. The van der Waals surface area contributed by atoms with Gasteiger partial charge in [0.2, 0.25) is 5.88 Å². The van der Waals surface area contributed by atoms with Crippen molar-refractivity contribution in [3.63, 3.8) is 0 Å². The van der Waals surface area contributed by atoms with E-state index in [2.05, 4.69) is 15.0 Å². The molecule has 0 saturated carbocycles. The van der Waals surface area contributed by atoms with Crippen molar-refractivity contribution in [3.05, 3.63) is 46.4 Å². The average molecular weight is 316 g/mol. The van der Waals surface area contributed by atoms with Gasteiger partial charge in [0.25, 0.3) is 5.91 Å². The van der Waals surface area contributed by atoms with Crippen molar-refractivity contribution in [2.75, 3.05) is 5.32 Å². The number of benzene rings is 1. The molecule has 0 spiro atoms. The maximum absolute atomic E-state index is 13.4. The number of rotatable bonds is 3. The highest BCUT2D eigenvalue weighted by Crippen LogP contribution is 2.34. The minimum Gasteiger partial charge on any atom is -0.338 e. The highest BCUT2D eigenvalue weighted by atomic mass is 19.4. The van der Waals surface area contributed by atoms with Gasteiger partial charge in [-0.3, -0.25) is 10.1 Å². The zero-order valence-electron chi connectivity index (χ0n) is 11.7. The summed E-state index contributed by atoms with van der Waals surface area (Å²) < 4.78 is 56.1. The van der Waals surface area contributed by atoms with Gasteiger partial charge in [-0.05, 0) is 31.0 Å². The van der Waals surface area contributed by atoms with Crippen LogP contribution in [0.25, 0.3) is 0 Å². The summed E-state index contributed by atoms with van der Waals surface area (Å²) in [6.07, 6.45) is -4.70. The molecule has 1 amide bonds. The lowest BCUT2D eigenvalue weighted by molar-refractivity contribution is -0.143. The van der Waals surface area contributed by atoms with Gasteiger partial charge in [-0.2, -0.15) is 13.2 Å². The summed E-state index contributed by atoms with van der Waals surface area (Å²) in [4.78, 5) is 12.0. The van der Waals surface area contributed by atoms with Gasteiger partial charge in [0.05, 0.1) is 0 Å². The molecule has 0 aliphatic carbocycles. The molecule has 0 aliphatic rings. The van der Waals surface area contributed by atoms with Crippen LogP contribution in [0.1, 0.15) is 34.1 Å². The Morgan fingerprint density at radius 3 is 2.59 bits per heavy atom. The van der Waals surface area contributed by atoms with Crippen LogP contribution in [0.3, 0.4) is 0 Å².